The number of aliphatic carboxylic acids is 1. The lowest BCUT2D eigenvalue weighted by molar-refractivity contribution is -0.137. The third kappa shape index (κ3) is 7.70. The Morgan fingerprint density at radius 2 is 1.61 bits per heavy atom. The maximum absolute atomic E-state index is 11.8. The maximum Gasteiger partial charge on any atom is 0.314 e. The molecule has 1 aromatic rings. The first kappa shape index (κ1) is 18.3. The average molecular weight is 323 g/mol. The van der Waals surface area contributed by atoms with E-state index in [1.165, 1.54) is 0 Å². The van der Waals surface area contributed by atoms with Crippen LogP contribution in [0, 0.1) is 0 Å². The maximum atomic E-state index is 11.8. The Hall–Kier alpha value is -2.77. The first-order valence-electron chi connectivity index (χ1n) is 7.18. The van der Waals surface area contributed by atoms with Crippen molar-refractivity contribution in [3.63, 3.8) is 0 Å². The summed E-state index contributed by atoms with van der Waals surface area (Å²) in [4.78, 5) is 33.5. The first-order chi connectivity index (χ1) is 11.0. The van der Waals surface area contributed by atoms with Gasteiger partial charge in [0.15, 0.2) is 0 Å². The molecule has 0 saturated heterocycles. The average Bonchev–Trinajstić information content (AvgIpc) is 2.55. The molecule has 0 unspecified atom stereocenters. The van der Waals surface area contributed by atoms with Crippen LogP contribution < -0.4 is 20.7 Å². The molecule has 0 atom stereocenters. The summed E-state index contributed by atoms with van der Waals surface area (Å²) in [6.07, 6.45) is 0.384. The quantitative estimate of drug-likeness (QED) is 0.496. The van der Waals surface area contributed by atoms with Crippen molar-refractivity contribution in [3.05, 3.63) is 29.8 Å². The minimum Gasteiger partial charge on any atom is -0.497 e. The number of urea groups is 1. The van der Waals surface area contributed by atoms with Gasteiger partial charge in [-0.3, -0.25) is 9.59 Å². The van der Waals surface area contributed by atoms with Gasteiger partial charge in [-0.2, -0.15) is 0 Å². The molecular formula is C15H21N3O5. The Kier molecular flexibility index (Phi) is 7.98. The van der Waals surface area contributed by atoms with E-state index in [1.807, 2.05) is 0 Å². The van der Waals surface area contributed by atoms with Crippen LogP contribution in [0.5, 0.6) is 5.75 Å². The zero-order valence-electron chi connectivity index (χ0n) is 12.9. The molecule has 0 aromatic heterocycles. The van der Waals surface area contributed by atoms with E-state index in [1.54, 1.807) is 31.4 Å². The van der Waals surface area contributed by atoms with E-state index >= 15 is 0 Å². The van der Waals surface area contributed by atoms with Crippen molar-refractivity contribution in [2.45, 2.75) is 12.8 Å². The van der Waals surface area contributed by atoms with Gasteiger partial charge in [-0.05, 0) is 30.7 Å². The van der Waals surface area contributed by atoms with Gasteiger partial charge in [-0.25, -0.2) is 4.79 Å². The van der Waals surface area contributed by atoms with Crippen molar-refractivity contribution in [3.8, 4) is 5.75 Å². The van der Waals surface area contributed by atoms with Crippen molar-refractivity contribution in [1.29, 1.82) is 0 Å². The van der Waals surface area contributed by atoms with E-state index in [4.69, 9.17) is 9.84 Å². The van der Waals surface area contributed by atoms with E-state index in [0.717, 1.165) is 0 Å². The largest absolute Gasteiger partial charge is 0.497 e. The van der Waals surface area contributed by atoms with Crippen LogP contribution in [-0.4, -0.2) is 49.8 Å². The lowest BCUT2D eigenvalue weighted by atomic mass is 10.2. The Bertz CT molecular complexity index is 530. The molecule has 0 aliphatic rings. The molecule has 23 heavy (non-hydrogen) atoms. The normalized spacial score (nSPS) is 9.78. The number of nitrogens with one attached hydrogen (secondary N) is 3. The Labute approximate surface area is 134 Å². The molecule has 1 aromatic carbocycles. The van der Waals surface area contributed by atoms with E-state index in [-0.39, 0.29) is 32.0 Å². The molecule has 8 nitrogen and oxygen atoms in total. The van der Waals surface area contributed by atoms with Crippen LogP contribution in [0.2, 0.25) is 0 Å². The first-order valence-corrected chi connectivity index (χ1v) is 7.18. The summed E-state index contributed by atoms with van der Waals surface area (Å²) in [5.41, 5.74) is 0.504. The summed E-state index contributed by atoms with van der Waals surface area (Å²) in [6, 6.07) is 6.29. The van der Waals surface area contributed by atoms with E-state index < -0.39 is 12.0 Å². The molecule has 0 radical (unpaired) electrons. The molecule has 0 fully saturated rings. The van der Waals surface area contributed by atoms with Crippen molar-refractivity contribution in [1.82, 2.24) is 16.0 Å². The predicted molar refractivity (Wildman–Crippen MR) is 83.6 cm³/mol. The Morgan fingerprint density at radius 1 is 1.00 bits per heavy atom. The molecule has 1 rings (SSSR count). The fourth-order valence-corrected chi connectivity index (χ4v) is 1.70. The molecule has 126 valence electrons. The van der Waals surface area contributed by atoms with E-state index in [2.05, 4.69) is 16.0 Å². The third-order valence-electron chi connectivity index (χ3n) is 2.90. The lowest BCUT2D eigenvalue weighted by Crippen LogP contribution is -2.40. The van der Waals surface area contributed by atoms with Gasteiger partial charge < -0.3 is 25.8 Å². The smallest absolute Gasteiger partial charge is 0.314 e. The molecule has 0 aliphatic carbocycles. The Morgan fingerprint density at radius 3 is 2.22 bits per heavy atom. The summed E-state index contributed by atoms with van der Waals surface area (Å²) in [5.74, 6) is -0.465. The second kappa shape index (κ2) is 10.0. The topological polar surface area (TPSA) is 117 Å². The van der Waals surface area contributed by atoms with Gasteiger partial charge in [-0.15, -0.1) is 0 Å². The molecule has 4 N–H and O–H groups in total. The molecule has 0 bridgehead atoms. The Balaban J connectivity index is 2.14. The van der Waals surface area contributed by atoms with Crippen molar-refractivity contribution >= 4 is 17.9 Å². The molecule has 0 saturated carbocycles. The number of amides is 3. The van der Waals surface area contributed by atoms with Crippen LogP contribution >= 0.6 is 0 Å². The van der Waals surface area contributed by atoms with Gasteiger partial charge in [0.2, 0.25) is 0 Å². The highest BCUT2D eigenvalue weighted by atomic mass is 16.5. The summed E-state index contributed by atoms with van der Waals surface area (Å²) in [5, 5.41) is 16.2. The zero-order valence-corrected chi connectivity index (χ0v) is 12.9. The highest BCUT2D eigenvalue weighted by Crippen LogP contribution is 2.10. The SMILES string of the molecule is COc1ccc(C(=O)NCCNC(=O)NCCCC(=O)O)cc1. The second-order valence-electron chi connectivity index (χ2n) is 4.66. The minimum atomic E-state index is -0.895. The summed E-state index contributed by atoms with van der Waals surface area (Å²) >= 11 is 0. The van der Waals surface area contributed by atoms with Gasteiger partial charge in [0.25, 0.3) is 5.91 Å². The van der Waals surface area contributed by atoms with Crippen LogP contribution in [0.25, 0.3) is 0 Å². The monoisotopic (exact) mass is 323 g/mol. The van der Waals surface area contributed by atoms with Gasteiger partial charge in [-0.1, -0.05) is 0 Å². The number of ether oxygens (including phenoxy) is 1. The highest BCUT2D eigenvalue weighted by Gasteiger charge is 2.05. The van der Waals surface area contributed by atoms with Gasteiger partial charge in [0, 0.05) is 31.6 Å². The molecule has 8 heteroatoms. The molecule has 0 heterocycles. The number of carboxylic acid groups (broad SMARTS) is 1. The number of rotatable bonds is 9. The third-order valence-corrected chi connectivity index (χ3v) is 2.90. The lowest BCUT2D eigenvalue weighted by Gasteiger charge is -2.08. The summed E-state index contributed by atoms with van der Waals surface area (Å²) in [6.45, 7) is 0.844. The van der Waals surface area contributed by atoms with Crippen LogP contribution in [0.3, 0.4) is 0 Å². The van der Waals surface area contributed by atoms with Crippen molar-refractivity contribution in [2.24, 2.45) is 0 Å². The van der Waals surface area contributed by atoms with Crippen LogP contribution in [0.15, 0.2) is 24.3 Å². The molecular weight excluding hydrogens is 302 g/mol. The second-order valence-corrected chi connectivity index (χ2v) is 4.66. The standard InChI is InChI=1S/C15H21N3O5/c1-23-12-6-4-11(5-7-12)14(21)16-9-10-18-15(22)17-8-2-3-13(19)20/h4-7H,2-3,8-10H2,1H3,(H,16,21)(H,19,20)(H2,17,18,22). The zero-order chi connectivity index (χ0) is 17.1. The number of methoxy groups -OCH3 is 1. The fourth-order valence-electron chi connectivity index (χ4n) is 1.70. The van der Waals surface area contributed by atoms with Crippen molar-refractivity contribution in [2.75, 3.05) is 26.7 Å². The summed E-state index contributed by atoms with van der Waals surface area (Å²) in [7, 11) is 1.55. The summed E-state index contributed by atoms with van der Waals surface area (Å²) < 4.78 is 5.01. The van der Waals surface area contributed by atoms with E-state index in [0.29, 0.717) is 17.7 Å². The number of carbonyl (C=O) groups excluding carboxylic acids is 2. The van der Waals surface area contributed by atoms with Crippen molar-refractivity contribution < 1.29 is 24.2 Å². The van der Waals surface area contributed by atoms with Crippen LogP contribution in [0.4, 0.5) is 4.79 Å². The highest BCUT2D eigenvalue weighted by molar-refractivity contribution is 5.94. The number of benzene rings is 1. The minimum absolute atomic E-state index is 0.0121. The number of carboxylic acids is 1. The van der Waals surface area contributed by atoms with Gasteiger partial charge in [0.1, 0.15) is 5.75 Å². The molecule has 3 amide bonds. The van der Waals surface area contributed by atoms with Crippen LogP contribution in [-0.2, 0) is 4.79 Å². The number of hydrogen-bond donors (Lipinski definition) is 4. The molecule has 0 aliphatic heterocycles. The number of carbonyl (C=O) groups is 3. The molecule has 0 spiro atoms. The van der Waals surface area contributed by atoms with Crippen LogP contribution in [0.1, 0.15) is 23.2 Å². The van der Waals surface area contributed by atoms with Gasteiger partial charge >= 0.3 is 12.0 Å². The van der Waals surface area contributed by atoms with Gasteiger partial charge in [0.05, 0.1) is 7.11 Å². The number of hydrogen-bond acceptors (Lipinski definition) is 4. The van der Waals surface area contributed by atoms with E-state index in [9.17, 15) is 14.4 Å². The predicted octanol–water partition coefficient (Wildman–Crippen LogP) is 0.589. The fraction of sp³-hybridized carbons (Fsp3) is 0.400.